The van der Waals surface area contributed by atoms with Crippen molar-refractivity contribution in [2.45, 2.75) is 25.7 Å². The van der Waals surface area contributed by atoms with Gasteiger partial charge in [-0.2, -0.15) is 13.2 Å². The third-order valence-corrected chi connectivity index (χ3v) is 6.12. The summed E-state index contributed by atoms with van der Waals surface area (Å²) in [6.07, 6.45) is -5.14. The molecule has 34 heavy (non-hydrogen) atoms. The lowest BCUT2D eigenvalue weighted by Gasteiger charge is -2.32. The summed E-state index contributed by atoms with van der Waals surface area (Å²) >= 11 is 0. The number of hydrogen-bond donors (Lipinski definition) is 2. The van der Waals surface area contributed by atoms with Crippen LogP contribution in [-0.2, 0) is 10.5 Å². The number of aromatic nitrogens is 2. The average molecular weight is 464 g/mol. The fraction of sp³-hybridized carbons (Fsp3) is 0.160. The summed E-state index contributed by atoms with van der Waals surface area (Å²) in [6.45, 7) is 3.57. The van der Waals surface area contributed by atoms with Crippen LogP contribution in [0.2, 0.25) is 0 Å². The Morgan fingerprint density at radius 1 is 0.971 bits per heavy atom. The van der Waals surface area contributed by atoms with E-state index in [1.165, 1.54) is 18.2 Å². The van der Waals surface area contributed by atoms with E-state index in [1.807, 2.05) is 42.6 Å². The van der Waals surface area contributed by atoms with E-state index < -0.39 is 23.7 Å². The van der Waals surface area contributed by atoms with Crippen molar-refractivity contribution in [2.75, 3.05) is 5.32 Å². The Labute approximate surface area is 192 Å². The van der Waals surface area contributed by atoms with Gasteiger partial charge in [-0.1, -0.05) is 42.5 Å². The molecule has 0 radical (unpaired) electrons. The number of aryl methyl sites for hydroxylation is 2. The van der Waals surface area contributed by atoms with Gasteiger partial charge in [-0.15, -0.1) is 0 Å². The summed E-state index contributed by atoms with van der Waals surface area (Å²) in [5, 5.41) is 4.16. The number of carbonyl (C=O) groups is 2. The number of halogens is 3. The maximum Gasteiger partial charge on any atom is 0.440 e. The van der Waals surface area contributed by atoms with E-state index in [9.17, 15) is 22.8 Å². The maximum absolute atomic E-state index is 14.6. The Morgan fingerprint density at radius 2 is 1.59 bits per heavy atom. The molecule has 0 spiro atoms. The van der Waals surface area contributed by atoms with Gasteiger partial charge in [-0.05, 0) is 60.4 Å². The van der Waals surface area contributed by atoms with E-state index in [0.29, 0.717) is 0 Å². The van der Waals surface area contributed by atoms with Crippen LogP contribution in [0.3, 0.4) is 0 Å². The summed E-state index contributed by atoms with van der Waals surface area (Å²) in [5.74, 6) is -2.73. The predicted molar refractivity (Wildman–Crippen MR) is 121 cm³/mol. The summed E-state index contributed by atoms with van der Waals surface area (Å²) < 4.78 is 44.4. The van der Waals surface area contributed by atoms with Gasteiger partial charge in [0.05, 0.1) is 11.0 Å². The molecule has 5 rings (SSSR count). The summed E-state index contributed by atoms with van der Waals surface area (Å²) in [5.41, 5.74) is 0.298. The SMILES string of the molecule is Cc1cc2nc3n(c2cc1C)C(NC(=O)c1ccc(-c2ccccc2)cc1)(C(F)(F)F)C(=O)N3. The van der Waals surface area contributed by atoms with Gasteiger partial charge in [0, 0.05) is 5.56 Å². The first-order chi connectivity index (χ1) is 16.1. The van der Waals surface area contributed by atoms with E-state index in [2.05, 4.69) is 10.3 Å². The molecule has 1 unspecified atom stereocenters. The molecule has 4 aromatic rings. The molecule has 2 amide bonds. The second-order valence-electron chi connectivity index (χ2n) is 8.26. The molecule has 0 saturated heterocycles. The fourth-order valence-corrected chi connectivity index (χ4v) is 4.17. The molecule has 2 N–H and O–H groups in total. The number of hydrogen-bond acceptors (Lipinski definition) is 3. The molecule has 1 aliphatic rings. The molecule has 1 atom stereocenters. The van der Waals surface area contributed by atoms with Gasteiger partial charge in [0.1, 0.15) is 0 Å². The zero-order valence-electron chi connectivity index (χ0n) is 18.2. The standard InChI is InChI=1S/C25H19F3N4O2/c1-14-12-19-20(13-15(14)2)32-23(29-19)30-22(34)24(32,25(26,27)28)31-21(33)18-10-8-17(9-11-18)16-6-4-3-5-7-16/h3-13H,1-2H3,(H,31,33)(H,29,30,34). The number of benzene rings is 3. The van der Waals surface area contributed by atoms with E-state index in [4.69, 9.17) is 0 Å². The highest BCUT2D eigenvalue weighted by atomic mass is 19.4. The zero-order chi connectivity index (χ0) is 24.3. The van der Waals surface area contributed by atoms with E-state index in [-0.39, 0.29) is 22.5 Å². The molecule has 1 aliphatic heterocycles. The number of carbonyl (C=O) groups excluding carboxylic acids is 2. The summed E-state index contributed by atoms with van der Waals surface area (Å²) in [4.78, 5) is 29.9. The highest BCUT2D eigenvalue weighted by molar-refractivity contribution is 6.07. The lowest BCUT2D eigenvalue weighted by molar-refractivity contribution is -0.213. The highest BCUT2D eigenvalue weighted by Crippen LogP contribution is 2.44. The second kappa shape index (κ2) is 7.44. The third kappa shape index (κ3) is 3.15. The number of alkyl halides is 3. The first-order valence-electron chi connectivity index (χ1n) is 10.5. The molecular weight excluding hydrogens is 445 g/mol. The van der Waals surface area contributed by atoms with Crippen molar-refractivity contribution < 1.29 is 22.8 Å². The third-order valence-electron chi connectivity index (χ3n) is 6.12. The van der Waals surface area contributed by atoms with Crippen molar-refractivity contribution in [3.8, 4) is 11.1 Å². The number of rotatable bonds is 3. The summed E-state index contributed by atoms with van der Waals surface area (Å²) in [6, 6.07) is 18.7. The van der Waals surface area contributed by atoms with Crippen LogP contribution in [0.5, 0.6) is 0 Å². The van der Waals surface area contributed by atoms with Crippen molar-refractivity contribution in [3.63, 3.8) is 0 Å². The Bertz CT molecular complexity index is 1440. The Morgan fingerprint density at radius 3 is 2.24 bits per heavy atom. The van der Waals surface area contributed by atoms with Gasteiger partial charge in [-0.3, -0.25) is 19.5 Å². The van der Waals surface area contributed by atoms with Crippen LogP contribution in [0.4, 0.5) is 19.1 Å². The van der Waals surface area contributed by atoms with Crippen LogP contribution < -0.4 is 10.6 Å². The van der Waals surface area contributed by atoms with Gasteiger partial charge in [0.15, 0.2) is 0 Å². The Hall–Kier alpha value is -4.14. The molecule has 1 aromatic heterocycles. The number of fused-ring (bicyclic) bond motifs is 3. The number of nitrogens with one attached hydrogen (secondary N) is 2. The average Bonchev–Trinajstić information content (AvgIpc) is 3.27. The van der Waals surface area contributed by atoms with Crippen LogP contribution >= 0.6 is 0 Å². The molecule has 3 aromatic carbocycles. The van der Waals surface area contributed by atoms with E-state index in [0.717, 1.165) is 26.8 Å². The maximum atomic E-state index is 14.6. The minimum absolute atomic E-state index is 0.0130. The van der Waals surface area contributed by atoms with Gasteiger partial charge in [0.25, 0.3) is 17.5 Å². The highest BCUT2D eigenvalue weighted by Gasteiger charge is 2.67. The van der Waals surface area contributed by atoms with Crippen molar-refractivity contribution in [1.82, 2.24) is 14.9 Å². The van der Waals surface area contributed by atoms with Crippen LogP contribution in [0, 0.1) is 13.8 Å². The number of anilines is 1. The zero-order valence-corrected chi connectivity index (χ0v) is 18.2. The van der Waals surface area contributed by atoms with Crippen LogP contribution in [0.15, 0.2) is 66.7 Å². The fourth-order valence-electron chi connectivity index (χ4n) is 4.17. The molecule has 6 nitrogen and oxygen atoms in total. The lowest BCUT2D eigenvalue weighted by Crippen LogP contribution is -2.63. The Kier molecular flexibility index (Phi) is 4.75. The normalized spacial score (nSPS) is 17.5. The molecule has 2 heterocycles. The Balaban J connectivity index is 1.58. The molecular formula is C25H19F3N4O2. The summed E-state index contributed by atoms with van der Waals surface area (Å²) in [7, 11) is 0. The molecule has 172 valence electrons. The van der Waals surface area contributed by atoms with Crippen LogP contribution in [0.25, 0.3) is 22.2 Å². The topological polar surface area (TPSA) is 76.0 Å². The van der Waals surface area contributed by atoms with E-state index in [1.54, 1.807) is 25.1 Å². The minimum Gasteiger partial charge on any atom is -0.313 e. The monoisotopic (exact) mass is 464 g/mol. The smallest absolute Gasteiger partial charge is 0.313 e. The quantitative estimate of drug-likeness (QED) is 0.452. The van der Waals surface area contributed by atoms with Crippen molar-refractivity contribution in [3.05, 3.63) is 83.4 Å². The first-order valence-corrected chi connectivity index (χ1v) is 10.5. The molecule has 0 aliphatic carbocycles. The lowest BCUT2D eigenvalue weighted by atomic mass is 10.0. The number of imidazole rings is 1. The van der Waals surface area contributed by atoms with Crippen LogP contribution in [0.1, 0.15) is 21.5 Å². The first kappa shape index (κ1) is 21.7. The molecule has 9 heteroatoms. The van der Waals surface area contributed by atoms with Crippen LogP contribution in [-0.4, -0.2) is 27.5 Å². The van der Waals surface area contributed by atoms with Crippen molar-refractivity contribution >= 4 is 28.8 Å². The molecule has 0 bridgehead atoms. The number of amides is 2. The van der Waals surface area contributed by atoms with Gasteiger partial charge in [0.2, 0.25) is 5.95 Å². The number of nitrogens with zero attached hydrogens (tertiary/aromatic N) is 2. The van der Waals surface area contributed by atoms with Crippen molar-refractivity contribution in [1.29, 1.82) is 0 Å². The molecule has 0 fully saturated rings. The second-order valence-corrected chi connectivity index (χ2v) is 8.26. The van der Waals surface area contributed by atoms with Crippen molar-refractivity contribution in [2.24, 2.45) is 0 Å². The van der Waals surface area contributed by atoms with E-state index >= 15 is 0 Å². The largest absolute Gasteiger partial charge is 0.440 e. The van der Waals surface area contributed by atoms with Gasteiger partial charge >= 0.3 is 6.18 Å². The van der Waals surface area contributed by atoms with Gasteiger partial charge < -0.3 is 5.32 Å². The molecule has 0 saturated carbocycles. The minimum atomic E-state index is -5.14. The van der Waals surface area contributed by atoms with Gasteiger partial charge in [-0.25, -0.2) is 4.98 Å². The predicted octanol–water partition coefficient (Wildman–Crippen LogP) is 4.92.